The second-order valence-corrected chi connectivity index (χ2v) is 5.77. The molecule has 0 spiro atoms. The molecule has 1 aromatic carbocycles. The Kier molecular flexibility index (Phi) is 4.17. The molecule has 2 aliphatic heterocycles. The van der Waals surface area contributed by atoms with Crippen molar-refractivity contribution in [1.29, 1.82) is 0 Å². The van der Waals surface area contributed by atoms with Crippen LogP contribution in [0.2, 0.25) is 0 Å². The summed E-state index contributed by atoms with van der Waals surface area (Å²) in [5.74, 6) is 0.602. The van der Waals surface area contributed by atoms with Gasteiger partial charge in [0, 0.05) is 37.7 Å². The first-order chi connectivity index (χ1) is 10.3. The molecular formula is C16H22O5. The molecule has 2 fully saturated rings. The zero-order valence-corrected chi connectivity index (χ0v) is 12.2. The fraction of sp³-hybridized carbons (Fsp3) is 0.625. The van der Waals surface area contributed by atoms with Crippen LogP contribution in [0, 0.1) is 11.8 Å². The first-order valence-electron chi connectivity index (χ1n) is 7.37. The van der Waals surface area contributed by atoms with Crippen molar-refractivity contribution in [2.45, 2.75) is 24.5 Å². The van der Waals surface area contributed by atoms with Crippen molar-refractivity contribution in [1.82, 2.24) is 0 Å². The molecule has 2 heterocycles. The number of methoxy groups -OCH3 is 1. The van der Waals surface area contributed by atoms with E-state index in [2.05, 4.69) is 0 Å². The van der Waals surface area contributed by atoms with Gasteiger partial charge in [-0.2, -0.15) is 0 Å². The molecule has 0 aromatic heterocycles. The van der Waals surface area contributed by atoms with Gasteiger partial charge < -0.3 is 24.4 Å². The number of fused-ring (bicyclic) bond motifs is 2. The van der Waals surface area contributed by atoms with Crippen LogP contribution in [0.5, 0.6) is 5.75 Å². The summed E-state index contributed by atoms with van der Waals surface area (Å²) in [6.45, 7) is 0.211. The minimum Gasteiger partial charge on any atom is -0.467 e. The Balaban J connectivity index is 1.98. The average Bonchev–Trinajstić information content (AvgIpc) is 3.09. The van der Waals surface area contributed by atoms with Crippen molar-refractivity contribution in [3.8, 4) is 5.75 Å². The lowest BCUT2D eigenvalue weighted by atomic mass is 9.69. The van der Waals surface area contributed by atoms with Crippen molar-refractivity contribution in [2.24, 2.45) is 11.8 Å². The highest BCUT2D eigenvalue weighted by Gasteiger charge is 2.60. The summed E-state index contributed by atoms with van der Waals surface area (Å²) in [5.41, 5.74) is 0.386. The SMILES string of the molecule is COCOc1ccccc1C12CCC(O1)C(CO)C2CO. The summed E-state index contributed by atoms with van der Waals surface area (Å²) < 4.78 is 16.9. The van der Waals surface area contributed by atoms with Crippen LogP contribution in [0.25, 0.3) is 0 Å². The van der Waals surface area contributed by atoms with Gasteiger partial charge >= 0.3 is 0 Å². The Morgan fingerprint density at radius 2 is 2.10 bits per heavy atom. The molecule has 4 atom stereocenters. The third-order valence-electron chi connectivity index (χ3n) is 4.84. The van der Waals surface area contributed by atoms with Crippen molar-refractivity contribution >= 4 is 0 Å². The van der Waals surface area contributed by atoms with Crippen LogP contribution in [-0.2, 0) is 15.1 Å². The monoisotopic (exact) mass is 294 g/mol. The van der Waals surface area contributed by atoms with Crippen LogP contribution in [0.4, 0.5) is 0 Å². The standard InChI is InChI=1S/C16H22O5/c1-19-10-20-15-5-3-2-4-12(15)16-7-6-14(21-16)11(8-17)13(16)9-18/h2-5,11,13-14,17-18H,6-10H2,1H3. The second kappa shape index (κ2) is 5.93. The smallest absolute Gasteiger partial charge is 0.188 e. The first kappa shape index (κ1) is 14.8. The number of hydrogen-bond donors (Lipinski definition) is 2. The fourth-order valence-corrected chi connectivity index (χ4v) is 3.91. The van der Waals surface area contributed by atoms with Gasteiger partial charge in [-0.3, -0.25) is 0 Å². The van der Waals surface area contributed by atoms with Gasteiger partial charge in [0.25, 0.3) is 0 Å². The molecule has 0 saturated carbocycles. The molecule has 2 bridgehead atoms. The van der Waals surface area contributed by atoms with Gasteiger partial charge in [-0.05, 0) is 18.9 Å². The molecule has 4 unspecified atom stereocenters. The molecule has 21 heavy (non-hydrogen) atoms. The van der Waals surface area contributed by atoms with Crippen LogP contribution in [0.3, 0.4) is 0 Å². The van der Waals surface area contributed by atoms with Gasteiger partial charge in [0.2, 0.25) is 0 Å². The second-order valence-electron chi connectivity index (χ2n) is 5.77. The van der Waals surface area contributed by atoms with Crippen LogP contribution >= 0.6 is 0 Å². The van der Waals surface area contributed by atoms with Crippen molar-refractivity contribution in [2.75, 3.05) is 27.1 Å². The number of benzene rings is 1. The summed E-state index contributed by atoms with van der Waals surface area (Å²) in [6.07, 6.45) is 1.76. The first-order valence-corrected chi connectivity index (χ1v) is 7.37. The Morgan fingerprint density at radius 1 is 1.29 bits per heavy atom. The molecule has 5 nitrogen and oxygen atoms in total. The Hall–Kier alpha value is -1.14. The molecule has 0 radical (unpaired) electrons. The number of para-hydroxylation sites is 1. The third-order valence-corrected chi connectivity index (χ3v) is 4.84. The average molecular weight is 294 g/mol. The summed E-state index contributed by atoms with van der Waals surface area (Å²) in [7, 11) is 1.58. The van der Waals surface area contributed by atoms with E-state index in [9.17, 15) is 10.2 Å². The molecule has 0 amide bonds. The van der Waals surface area contributed by atoms with E-state index in [0.29, 0.717) is 0 Å². The van der Waals surface area contributed by atoms with Gasteiger partial charge in [0.1, 0.15) is 11.4 Å². The molecule has 2 N–H and O–H groups in total. The molecule has 3 rings (SSSR count). The minimum absolute atomic E-state index is 0.000336. The van der Waals surface area contributed by atoms with Crippen molar-refractivity contribution < 1.29 is 24.4 Å². The summed E-state index contributed by atoms with van der Waals surface area (Å²) >= 11 is 0. The van der Waals surface area contributed by atoms with Crippen LogP contribution in [-0.4, -0.2) is 43.4 Å². The zero-order valence-electron chi connectivity index (χ0n) is 12.2. The van der Waals surface area contributed by atoms with E-state index in [0.717, 1.165) is 24.2 Å². The minimum atomic E-state index is -0.558. The van der Waals surface area contributed by atoms with Crippen LogP contribution < -0.4 is 4.74 Å². The van der Waals surface area contributed by atoms with Crippen LogP contribution in [0.15, 0.2) is 24.3 Å². The summed E-state index contributed by atoms with van der Waals surface area (Å²) in [6, 6.07) is 7.72. The van der Waals surface area contributed by atoms with E-state index in [-0.39, 0.29) is 37.9 Å². The van der Waals surface area contributed by atoms with E-state index < -0.39 is 5.60 Å². The lowest BCUT2D eigenvalue weighted by Gasteiger charge is -2.36. The Labute approximate surface area is 124 Å². The maximum absolute atomic E-state index is 9.83. The molecule has 116 valence electrons. The molecule has 0 aliphatic carbocycles. The maximum atomic E-state index is 9.83. The lowest BCUT2D eigenvalue weighted by molar-refractivity contribution is -0.0300. The molecule has 1 aromatic rings. The predicted octanol–water partition coefficient (Wildman–Crippen LogP) is 1.27. The Morgan fingerprint density at radius 3 is 2.81 bits per heavy atom. The maximum Gasteiger partial charge on any atom is 0.188 e. The lowest BCUT2D eigenvalue weighted by Crippen LogP contribution is -2.39. The van der Waals surface area contributed by atoms with Gasteiger partial charge in [-0.1, -0.05) is 18.2 Å². The van der Waals surface area contributed by atoms with Crippen molar-refractivity contribution in [3.05, 3.63) is 29.8 Å². The number of aliphatic hydroxyl groups excluding tert-OH is 2. The molecule has 2 aliphatic rings. The summed E-state index contributed by atoms with van der Waals surface area (Å²) in [5, 5.41) is 19.4. The number of ether oxygens (including phenoxy) is 3. The normalized spacial score (nSPS) is 34.3. The zero-order chi connectivity index (χ0) is 14.9. The van der Waals surface area contributed by atoms with E-state index in [1.54, 1.807) is 7.11 Å². The quantitative estimate of drug-likeness (QED) is 0.774. The highest BCUT2D eigenvalue weighted by atomic mass is 16.7. The number of aliphatic hydroxyl groups is 2. The van der Waals surface area contributed by atoms with Crippen LogP contribution in [0.1, 0.15) is 18.4 Å². The highest BCUT2D eigenvalue weighted by molar-refractivity contribution is 5.41. The largest absolute Gasteiger partial charge is 0.467 e. The summed E-state index contributed by atoms with van der Waals surface area (Å²) in [4.78, 5) is 0. The topological polar surface area (TPSA) is 68.2 Å². The highest BCUT2D eigenvalue weighted by Crippen LogP contribution is 2.58. The number of rotatable bonds is 6. The van der Waals surface area contributed by atoms with E-state index in [1.807, 2.05) is 24.3 Å². The van der Waals surface area contributed by atoms with E-state index in [1.165, 1.54) is 0 Å². The third kappa shape index (κ3) is 2.25. The predicted molar refractivity (Wildman–Crippen MR) is 75.9 cm³/mol. The molecule has 5 heteroatoms. The van der Waals surface area contributed by atoms with Gasteiger partial charge in [0.15, 0.2) is 6.79 Å². The number of hydrogen-bond acceptors (Lipinski definition) is 5. The van der Waals surface area contributed by atoms with E-state index >= 15 is 0 Å². The Bertz CT molecular complexity index is 491. The molecule has 2 saturated heterocycles. The fourth-order valence-electron chi connectivity index (χ4n) is 3.91. The molecular weight excluding hydrogens is 272 g/mol. The van der Waals surface area contributed by atoms with Gasteiger partial charge in [-0.15, -0.1) is 0 Å². The van der Waals surface area contributed by atoms with Crippen molar-refractivity contribution in [3.63, 3.8) is 0 Å². The van der Waals surface area contributed by atoms with E-state index in [4.69, 9.17) is 14.2 Å². The van der Waals surface area contributed by atoms with Gasteiger partial charge in [-0.25, -0.2) is 0 Å². The van der Waals surface area contributed by atoms with Gasteiger partial charge in [0.05, 0.1) is 6.10 Å².